The molecule has 0 atom stereocenters. The first-order chi connectivity index (χ1) is 17.6. The molecule has 1 aromatic heterocycles. The molecule has 3 aromatic carbocycles. The van der Waals surface area contributed by atoms with Gasteiger partial charge in [-0.2, -0.15) is 0 Å². The monoisotopic (exact) mass is 481 g/mol. The van der Waals surface area contributed by atoms with Gasteiger partial charge in [-0.05, 0) is 73.2 Å². The SMILES string of the molecule is COc1ccc(CCc2nc3ccccc3c(=O)n2Cc2ccc(C(=O)N3CCCCC3)cc2)cc1. The zero-order valence-electron chi connectivity index (χ0n) is 20.7. The molecule has 0 aliphatic carbocycles. The van der Waals surface area contributed by atoms with E-state index < -0.39 is 0 Å². The molecular formula is C30H31N3O3. The number of amides is 1. The second-order valence-corrected chi connectivity index (χ2v) is 9.33. The smallest absolute Gasteiger partial charge is 0.261 e. The van der Waals surface area contributed by atoms with Crippen LogP contribution in [0.1, 0.15) is 46.6 Å². The summed E-state index contributed by atoms with van der Waals surface area (Å²) in [6, 6.07) is 23.1. The summed E-state index contributed by atoms with van der Waals surface area (Å²) in [5, 5.41) is 0.614. The first-order valence-corrected chi connectivity index (χ1v) is 12.6. The van der Waals surface area contributed by atoms with Crippen LogP contribution in [0.15, 0.2) is 77.6 Å². The minimum atomic E-state index is -0.0428. The van der Waals surface area contributed by atoms with Crippen LogP contribution in [-0.4, -0.2) is 40.6 Å². The van der Waals surface area contributed by atoms with Crippen molar-refractivity contribution >= 4 is 16.8 Å². The Labute approximate surface area is 211 Å². The van der Waals surface area contributed by atoms with Gasteiger partial charge in [-0.15, -0.1) is 0 Å². The van der Waals surface area contributed by atoms with Gasteiger partial charge in [0.2, 0.25) is 0 Å². The molecule has 0 radical (unpaired) electrons. The van der Waals surface area contributed by atoms with Gasteiger partial charge in [0.25, 0.3) is 11.5 Å². The van der Waals surface area contributed by atoms with E-state index in [4.69, 9.17) is 9.72 Å². The van der Waals surface area contributed by atoms with Crippen molar-refractivity contribution in [1.29, 1.82) is 0 Å². The number of carbonyl (C=O) groups is 1. The minimum absolute atomic E-state index is 0.0428. The number of nitrogens with zero attached hydrogens (tertiary/aromatic N) is 3. The Balaban J connectivity index is 1.40. The number of aromatic nitrogens is 2. The highest BCUT2D eigenvalue weighted by molar-refractivity contribution is 5.94. The van der Waals surface area contributed by atoms with Gasteiger partial charge in [-0.25, -0.2) is 4.98 Å². The third-order valence-corrected chi connectivity index (χ3v) is 6.92. The molecule has 6 heteroatoms. The Bertz CT molecular complexity index is 1400. The Morgan fingerprint density at radius 3 is 2.28 bits per heavy atom. The summed E-state index contributed by atoms with van der Waals surface area (Å²) >= 11 is 0. The van der Waals surface area contributed by atoms with Gasteiger partial charge in [0.05, 0.1) is 24.6 Å². The molecule has 1 aliphatic heterocycles. The van der Waals surface area contributed by atoms with Crippen LogP contribution < -0.4 is 10.3 Å². The molecule has 184 valence electrons. The van der Waals surface area contributed by atoms with Crippen LogP contribution in [0.2, 0.25) is 0 Å². The van der Waals surface area contributed by atoms with E-state index in [2.05, 4.69) is 0 Å². The minimum Gasteiger partial charge on any atom is -0.497 e. The van der Waals surface area contributed by atoms with Crippen molar-refractivity contribution in [1.82, 2.24) is 14.5 Å². The molecule has 1 fully saturated rings. The van der Waals surface area contributed by atoms with E-state index in [9.17, 15) is 9.59 Å². The molecule has 0 bridgehead atoms. The molecule has 1 saturated heterocycles. The summed E-state index contributed by atoms with van der Waals surface area (Å²) in [7, 11) is 1.66. The van der Waals surface area contributed by atoms with Crippen LogP contribution in [0.4, 0.5) is 0 Å². The molecule has 1 aliphatic rings. The van der Waals surface area contributed by atoms with E-state index in [1.165, 1.54) is 6.42 Å². The number of carbonyl (C=O) groups excluding carboxylic acids is 1. The lowest BCUT2D eigenvalue weighted by Gasteiger charge is -2.26. The number of rotatable bonds is 7. The highest BCUT2D eigenvalue weighted by Gasteiger charge is 2.18. The zero-order valence-corrected chi connectivity index (χ0v) is 20.7. The number of ether oxygens (including phenoxy) is 1. The van der Waals surface area contributed by atoms with Gasteiger partial charge < -0.3 is 9.64 Å². The number of aryl methyl sites for hydroxylation is 2. The van der Waals surface area contributed by atoms with E-state index in [0.717, 1.165) is 55.1 Å². The van der Waals surface area contributed by atoms with E-state index >= 15 is 0 Å². The van der Waals surface area contributed by atoms with Crippen LogP contribution in [-0.2, 0) is 19.4 Å². The van der Waals surface area contributed by atoms with Crippen LogP contribution in [0.25, 0.3) is 10.9 Å². The van der Waals surface area contributed by atoms with Crippen molar-refractivity contribution in [3.63, 3.8) is 0 Å². The van der Waals surface area contributed by atoms with Crippen molar-refractivity contribution in [2.24, 2.45) is 0 Å². The van der Waals surface area contributed by atoms with Crippen LogP contribution in [0.5, 0.6) is 5.75 Å². The summed E-state index contributed by atoms with van der Waals surface area (Å²) in [4.78, 5) is 33.1. The Morgan fingerprint density at radius 1 is 0.861 bits per heavy atom. The quantitative estimate of drug-likeness (QED) is 0.378. The van der Waals surface area contributed by atoms with Crippen LogP contribution in [0.3, 0.4) is 0 Å². The fourth-order valence-corrected chi connectivity index (χ4v) is 4.83. The largest absolute Gasteiger partial charge is 0.497 e. The van der Waals surface area contributed by atoms with Crippen LogP contribution >= 0.6 is 0 Å². The number of benzene rings is 3. The lowest BCUT2D eigenvalue weighted by molar-refractivity contribution is 0.0724. The number of piperidine rings is 1. The number of para-hydroxylation sites is 1. The normalized spacial score (nSPS) is 13.6. The average Bonchev–Trinajstić information content (AvgIpc) is 2.94. The molecule has 0 N–H and O–H groups in total. The highest BCUT2D eigenvalue weighted by Crippen LogP contribution is 2.17. The van der Waals surface area contributed by atoms with E-state index in [1.54, 1.807) is 11.7 Å². The third kappa shape index (κ3) is 5.18. The second-order valence-electron chi connectivity index (χ2n) is 9.33. The summed E-state index contributed by atoms with van der Waals surface area (Å²) < 4.78 is 7.03. The molecule has 4 aromatic rings. The average molecular weight is 482 g/mol. The fourth-order valence-electron chi connectivity index (χ4n) is 4.83. The Hall–Kier alpha value is -3.93. The Morgan fingerprint density at radius 2 is 1.56 bits per heavy atom. The van der Waals surface area contributed by atoms with Crippen molar-refractivity contribution in [2.75, 3.05) is 20.2 Å². The predicted molar refractivity (Wildman–Crippen MR) is 142 cm³/mol. The number of hydrogen-bond donors (Lipinski definition) is 0. The van der Waals surface area contributed by atoms with Gasteiger partial charge in [-0.3, -0.25) is 14.2 Å². The van der Waals surface area contributed by atoms with Gasteiger partial charge in [-0.1, -0.05) is 36.4 Å². The van der Waals surface area contributed by atoms with Crippen molar-refractivity contribution in [3.05, 3.63) is 106 Å². The maximum atomic E-state index is 13.5. The number of methoxy groups -OCH3 is 1. The molecular weight excluding hydrogens is 450 g/mol. The zero-order chi connectivity index (χ0) is 24.9. The molecule has 0 saturated carbocycles. The lowest BCUT2D eigenvalue weighted by atomic mass is 10.1. The van der Waals surface area contributed by atoms with Gasteiger partial charge in [0, 0.05) is 25.1 Å². The molecule has 6 nitrogen and oxygen atoms in total. The fraction of sp³-hybridized carbons (Fsp3) is 0.300. The summed E-state index contributed by atoms with van der Waals surface area (Å²) in [6.07, 6.45) is 4.73. The van der Waals surface area contributed by atoms with Gasteiger partial charge in [0.15, 0.2) is 0 Å². The predicted octanol–water partition coefficient (Wildman–Crippen LogP) is 4.86. The van der Waals surface area contributed by atoms with Gasteiger partial charge in [0.1, 0.15) is 11.6 Å². The number of hydrogen-bond acceptors (Lipinski definition) is 4. The maximum Gasteiger partial charge on any atom is 0.261 e. The molecule has 5 rings (SSSR count). The molecule has 0 unspecified atom stereocenters. The van der Waals surface area contributed by atoms with E-state index in [0.29, 0.717) is 29.4 Å². The molecule has 0 spiro atoms. The van der Waals surface area contributed by atoms with Gasteiger partial charge >= 0.3 is 0 Å². The van der Waals surface area contributed by atoms with Crippen LogP contribution in [0, 0.1) is 0 Å². The van der Waals surface area contributed by atoms with Crippen molar-refractivity contribution < 1.29 is 9.53 Å². The third-order valence-electron chi connectivity index (χ3n) is 6.92. The highest BCUT2D eigenvalue weighted by atomic mass is 16.5. The number of likely N-dealkylation sites (tertiary alicyclic amines) is 1. The standard InChI is InChI=1S/C30H31N3O3/c1-36-25-16-11-22(12-17-25)13-18-28-31-27-8-4-3-7-26(27)30(35)33(28)21-23-9-14-24(15-10-23)29(34)32-19-5-2-6-20-32/h3-4,7-12,14-17H,2,5-6,13,18-21H2,1H3. The summed E-state index contributed by atoms with van der Waals surface area (Å²) in [6.45, 7) is 2.07. The lowest BCUT2D eigenvalue weighted by Crippen LogP contribution is -2.35. The van der Waals surface area contributed by atoms with E-state index in [1.807, 2.05) is 77.7 Å². The Kier molecular flexibility index (Phi) is 7.12. The summed E-state index contributed by atoms with van der Waals surface area (Å²) in [5.41, 5.74) is 3.49. The summed E-state index contributed by atoms with van der Waals surface area (Å²) in [5.74, 6) is 1.66. The second kappa shape index (κ2) is 10.8. The van der Waals surface area contributed by atoms with Crippen molar-refractivity contribution in [3.8, 4) is 5.75 Å². The molecule has 2 heterocycles. The first-order valence-electron chi connectivity index (χ1n) is 12.6. The van der Waals surface area contributed by atoms with E-state index in [-0.39, 0.29) is 11.5 Å². The van der Waals surface area contributed by atoms with Crippen molar-refractivity contribution in [2.45, 2.75) is 38.6 Å². The number of fused-ring (bicyclic) bond motifs is 1. The topological polar surface area (TPSA) is 64.4 Å². The maximum absolute atomic E-state index is 13.5. The first kappa shape index (κ1) is 23.8. The molecule has 1 amide bonds. The molecule has 36 heavy (non-hydrogen) atoms.